The zero-order chi connectivity index (χ0) is 15.2. The lowest BCUT2D eigenvalue weighted by molar-refractivity contribution is -0.129. The number of amides is 1. The second-order valence-corrected chi connectivity index (χ2v) is 4.37. The van der Waals surface area contributed by atoms with Crippen LogP contribution in [-0.4, -0.2) is 31.0 Å². The molecular formula is C15H13N3O3. The van der Waals surface area contributed by atoms with Crippen molar-refractivity contribution in [3.63, 3.8) is 0 Å². The molecule has 6 nitrogen and oxygen atoms in total. The highest BCUT2D eigenvalue weighted by Gasteiger charge is 2.16. The Labute approximate surface area is 121 Å². The molecule has 1 amide bonds. The van der Waals surface area contributed by atoms with E-state index in [4.69, 9.17) is 19.7 Å². The minimum atomic E-state index is -0.281. The van der Waals surface area contributed by atoms with Gasteiger partial charge in [0.25, 0.3) is 0 Å². The molecule has 0 radical (unpaired) electrons. The summed E-state index contributed by atoms with van der Waals surface area (Å²) in [6, 6.07) is 9.10. The largest absolute Gasteiger partial charge is 0.497 e. The number of fused-ring (bicyclic) bond motifs is 1. The van der Waals surface area contributed by atoms with Gasteiger partial charge in [0.05, 0.1) is 31.9 Å². The standard InChI is InChI=1S/C15H13N3O3/c1-20-12-2-3-13-11(10-21-14(13)9-12)8-15(19)18(6-4-16)7-5-17/h2-3,9-10H,6-8H2,1H3. The van der Waals surface area contributed by atoms with Crippen LogP contribution >= 0.6 is 0 Å². The average Bonchev–Trinajstić information content (AvgIpc) is 2.89. The monoisotopic (exact) mass is 283 g/mol. The van der Waals surface area contributed by atoms with Gasteiger partial charge in [-0.3, -0.25) is 4.79 Å². The van der Waals surface area contributed by atoms with Crippen LogP contribution < -0.4 is 4.74 Å². The van der Waals surface area contributed by atoms with E-state index in [1.807, 2.05) is 18.2 Å². The van der Waals surface area contributed by atoms with Crippen LogP contribution in [0.2, 0.25) is 0 Å². The molecule has 0 fully saturated rings. The van der Waals surface area contributed by atoms with E-state index in [1.54, 1.807) is 19.2 Å². The van der Waals surface area contributed by atoms with Crippen molar-refractivity contribution < 1.29 is 13.9 Å². The number of hydrogen-bond acceptors (Lipinski definition) is 5. The van der Waals surface area contributed by atoms with Gasteiger partial charge in [-0.25, -0.2) is 0 Å². The van der Waals surface area contributed by atoms with E-state index in [0.29, 0.717) is 11.3 Å². The maximum Gasteiger partial charge on any atom is 0.228 e. The quantitative estimate of drug-likeness (QED) is 0.781. The fourth-order valence-corrected chi connectivity index (χ4v) is 2.01. The Morgan fingerprint density at radius 3 is 2.67 bits per heavy atom. The molecule has 6 heteroatoms. The number of hydrogen-bond donors (Lipinski definition) is 0. The first-order valence-electron chi connectivity index (χ1n) is 6.25. The first kappa shape index (κ1) is 14.4. The van der Waals surface area contributed by atoms with Gasteiger partial charge in [0.15, 0.2) is 0 Å². The number of benzene rings is 1. The fourth-order valence-electron chi connectivity index (χ4n) is 2.01. The van der Waals surface area contributed by atoms with Gasteiger partial charge in [0.1, 0.15) is 24.4 Å². The van der Waals surface area contributed by atoms with E-state index < -0.39 is 0 Å². The zero-order valence-corrected chi connectivity index (χ0v) is 11.5. The summed E-state index contributed by atoms with van der Waals surface area (Å²) >= 11 is 0. The van der Waals surface area contributed by atoms with Crippen molar-refractivity contribution in [2.75, 3.05) is 20.2 Å². The van der Waals surface area contributed by atoms with Gasteiger partial charge in [0, 0.05) is 17.0 Å². The smallest absolute Gasteiger partial charge is 0.228 e. The van der Waals surface area contributed by atoms with E-state index in [1.165, 1.54) is 11.2 Å². The van der Waals surface area contributed by atoms with Crippen LogP contribution in [0.3, 0.4) is 0 Å². The Morgan fingerprint density at radius 1 is 1.33 bits per heavy atom. The summed E-state index contributed by atoms with van der Waals surface area (Å²) in [6.07, 6.45) is 1.60. The van der Waals surface area contributed by atoms with E-state index in [9.17, 15) is 4.79 Å². The molecule has 0 N–H and O–H groups in total. The molecule has 0 saturated carbocycles. The zero-order valence-electron chi connectivity index (χ0n) is 11.5. The van der Waals surface area contributed by atoms with Gasteiger partial charge < -0.3 is 14.1 Å². The normalized spacial score (nSPS) is 9.86. The van der Waals surface area contributed by atoms with Crippen molar-refractivity contribution in [3.8, 4) is 17.9 Å². The molecule has 2 aromatic rings. The highest BCUT2D eigenvalue weighted by molar-refractivity contribution is 5.88. The molecule has 106 valence electrons. The minimum absolute atomic E-state index is 0.0860. The summed E-state index contributed by atoms with van der Waals surface area (Å²) in [4.78, 5) is 13.3. The summed E-state index contributed by atoms with van der Waals surface area (Å²) < 4.78 is 10.5. The molecule has 0 atom stereocenters. The van der Waals surface area contributed by atoms with Crippen molar-refractivity contribution >= 4 is 16.9 Å². The Balaban J connectivity index is 2.21. The van der Waals surface area contributed by atoms with Crippen LogP contribution in [0.1, 0.15) is 5.56 Å². The van der Waals surface area contributed by atoms with Crippen LogP contribution in [0.4, 0.5) is 0 Å². The first-order chi connectivity index (χ1) is 10.2. The highest BCUT2D eigenvalue weighted by atomic mass is 16.5. The van der Waals surface area contributed by atoms with Gasteiger partial charge in [-0.2, -0.15) is 10.5 Å². The lowest BCUT2D eigenvalue weighted by Crippen LogP contribution is -2.32. The second kappa shape index (κ2) is 6.44. The molecule has 1 aromatic heterocycles. The van der Waals surface area contributed by atoms with Crippen molar-refractivity contribution in [1.29, 1.82) is 10.5 Å². The van der Waals surface area contributed by atoms with Crippen molar-refractivity contribution in [1.82, 2.24) is 4.90 Å². The van der Waals surface area contributed by atoms with E-state index in [2.05, 4.69) is 0 Å². The average molecular weight is 283 g/mol. The number of nitrogens with zero attached hydrogens (tertiary/aromatic N) is 3. The maximum atomic E-state index is 12.1. The predicted octanol–water partition coefficient (Wildman–Crippen LogP) is 1.86. The Kier molecular flexibility index (Phi) is 4.43. The minimum Gasteiger partial charge on any atom is -0.497 e. The molecule has 2 rings (SSSR count). The van der Waals surface area contributed by atoms with Crippen LogP contribution in [0.15, 0.2) is 28.9 Å². The number of nitriles is 2. The van der Waals surface area contributed by atoms with Crippen molar-refractivity contribution in [2.24, 2.45) is 0 Å². The lowest BCUT2D eigenvalue weighted by atomic mass is 10.1. The van der Waals surface area contributed by atoms with Gasteiger partial charge >= 0.3 is 0 Å². The number of ether oxygens (including phenoxy) is 1. The second-order valence-electron chi connectivity index (χ2n) is 4.37. The predicted molar refractivity (Wildman–Crippen MR) is 74.3 cm³/mol. The summed E-state index contributed by atoms with van der Waals surface area (Å²) in [5, 5.41) is 18.2. The molecule has 0 aliphatic rings. The van der Waals surface area contributed by atoms with Crippen LogP contribution in [0.25, 0.3) is 11.0 Å². The molecule has 0 aliphatic heterocycles. The first-order valence-corrected chi connectivity index (χ1v) is 6.25. The molecule has 1 aromatic carbocycles. The van der Waals surface area contributed by atoms with Gasteiger partial charge in [0.2, 0.25) is 5.91 Å². The fraction of sp³-hybridized carbons (Fsp3) is 0.267. The lowest BCUT2D eigenvalue weighted by Gasteiger charge is -2.15. The molecule has 21 heavy (non-hydrogen) atoms. The van der Waals surface area contributed by atoms with Gasteiger partial charge in [-0.05, 0) is 12.1 Å². The molecule has 1 heterocycles. The topological polar surface area (TPSA) is 90.3 Å². The van der Waals surface area contributed by atoms with E-state index in [-0.39, 0.29) is 25.4 Å². The van der Waals surface area contributed by atoms with Gasteiger partial charge in [-0.1, -0.05) is 0 Å². The molecule has 0 unspecified atom stereocenters. The number of carbonyl (C=O) groups excluding carboxylic acids is 1. The molecule has 0 aliphatic carbocycles. The van der Waals surface area contributed by atoms with Crippen molar-refractivity contribution in [2.45, 2.75) is 6.42 Å². The summed E-state index contributed by atoms with van der Waals surface area (Å²) in [5.74, 6) is 0.391. The van der Waals surface area contributed by atoms with Crippen LogP contribution in [0.5, 0.6) is 5.75 Å². The van der Waals surface area contributed by atoms with E-state index >= 15 is 0 Å². The third-order valence-corrected chi connectivity index (χ3v) is 3.08. The summed E-state index contributed by atoms with van der Waals surface area (Å²) in [7, 11) is 1.57. The Hall–Kier alpha value is -2.99. The molecular weight excluding hydrogens is 270 g/mol. The van der Waals surface area contributed by atoms with Gasteiger partial charge in [-0.15, -0.1) is 0 Å². The SMILES string of the molecule is COc1ccc2c(CC(=O)N(CC#N)CC#N)coc2c1. The molecule has 0 bridgehead atoms. The highest BCUT2D eigenvalue weighted by Crippen LogP contribution is 2.26. The Morgan fingerprint density at radius 2 is 2.05 bits per heavy atom. The number of rotatable bonds is 5. The third kappa shape index (κ3) is 3.13. The van der Waals surface area contributed by atoms with E-state index in [0.717, 1.165) is 10.9 Å². The number of methoxy groups -OCH3 is 1. The molecule has 0 spiro atoms. The summed E-state index contributed by atoms with van der Waals surface area (Å²) in [5.41, 5.74) is 1.35. The summed E-state index contributed by atoms with van der Waals surface area (Å²) in [6.45, 7) is -0.202. The number of furan rings is 1. The maximum absolute atomic E-state index is 12.1. The third-order valence-electron chi connectivity index (χ3n) is 3.08. The van der Waals surface area contributed by atoms with Crippen LogP contribution in [0, 0.1) is 22.7 Å². The van der Waals surface area contributed by atoms with Crippen LogP contribution in [-0.2, 0) is 11.2 Å². The Bertz CT molecular complexity index is 721. The number of carbonyl (C=O) groups is 1. The van der Waals surface area contributed by atoms with Crippen molar-refractivity contribution in [3.05, 3.63) is 30.0 Å². The molecule has 0 saturated heterocycles.